The van der Waals surface area contributed by atoms with E-state index in [-0.39, 0.29) is 11.9 Å². The van der Waals surface area contributed by atoms with Crippen molar-refractivity contribution in [2.45, 2.75) is 52.0 Å². The van der Waals surface area contributed by atoms with Crippen molar-refractivity contribution >= 4 is 11.6 Å². The minimum absolute atomic E-state index is 0.152. The van der Waals surface area contributed by atoms with E-state index in [2.05, 4.69) is 35.0 Å². The summed E-state index contributed by atoms with van der Waals surface area (Å²) in [5, 5.41) is 3.15. The number of carbonyl (C=O) groups excluding carboxylic acids is 1. The number of carbonyl (C=O) groups is 1. The topological polar surface area (TPSA) is 44.8 Å². The van der Waals surface area contributed by atoms with E-state index in [1.165, 1.54) is 25.7 Å². The molecule has 0 bridgehead atoms. The molecule has 0 saturated carbocycles. The van der Waals surface area contributed by atoms with E-state index in [9.17, 15) is 4.79 Å². The first-order valence-electron chi connectivity index (χ1n) is 10.0. The summed E-state index contributed by atoms with van der Waals surface area (Å²) in [6, 6.07) is 8.40. The highest BCUT2D eigenvalue weighted by Crippen LogP contribution is 2.28. The Morgan fingerprint density at radius 3 is 2.58 bits per heavy atom. The Morgan fingerprint density at radius 1 is 1.15 bits per heavy atom. The van der Waals surface area contributed by atoms with Gasteiger partial charge in [-0.15, -0.1) is 0 Å². The van der Waals surface area contributed by atoms with Crippen LogP contribution < -0.4 is 15.0 Å². The van der Waals surface area contributed by atoms with Crippen LogP contribution in [0.2, 0.25) is 0 Å². The average molecular weight is 362 g/mol. The first kappa shape index (κ1) is 20.6. The minimum Gasteiger partial charge on any atom is -0.495 e. The molecule has 5 nitrogen and oxygen atoms in total. The maximum absolute atomic E-state index is 12.3. The average Bonchev–Trinajstić information content (AvgIpc) is 2.66. The van der Waals surface area contributed by atoms with E-state index < -0.39 is 0 Å². The quantitative estimate of drug-likeness (QED) is 0.650. The summed E-state index contributed by atoms with van der Waals surface area (Å²) >= 11 is 0. The lowest BCUT2D eigenvalue weighted by atomic mass is 10.1. The molecule has 146 valence electrons. The molecule has 1 aromatic rings. The fourth-order valence-electron chi connectivity index (χ4n) is 3.51. The molecule has 0 spiro atoms. The zero-order valence-corrected chi connectivity index (χ0v) is 16.7. The Morgan fingerprint density at radius 2 is 1.88 bits per heavy atom. The molecule has 1 aliphatic heterocycles. The number of amides is 1. The molecule has 1 amide bonds. The van der Waals surface area contributed by atoms with Crippen LogP contribution in [0, 0.1) is 0 Å². The number of unbranched alkanes of at least 4 members (excludes halogenated alkanes) is 3. The standard InChI is InChI=1S/C21H35N3O2/c1-4-5-6-7-10-18(2)22-21(25)17-23-13-15-24(16-14-23)19-11-8-9-12-20(19)26-3/h8-9,11-12,18H,4-7,10,13-17H2,1-3H3,(H,22,25)/t18-/m0/s1. The van der Waals surface area contributed by atoms with Crippen LogP contribution in [0.15, 0.2) is 24.3 Å². The number of methoxy groups -OCH3 is 1. The summed E-state index contributed by atoms with van der Waals surface area (Å²) in [6.07, 6.45) is 6.08. The van der Waals surface area contributed by atoms with Gasteiger partial charge in [0.2, 0.25) is 5.91 Å². The molecule has 1 atom stereocenters. The van der Waals surface area contributed by atoms with E-state index in [1.807, 2.05) is 18.2 Å². The Balaban J connectivity index is 1.70. The molecule has 1 aromatic carbocycles. The van der Waals surface area contributed by atoms with Crippen LogP contribution in [0.3, 0.4) is 0 Å². The van der Waals surface area contributed by atoms with Crippen LogP contribution in [0.1, 0.15) is 46.0 Å². The van der Waals surface area contributed by atoms with Crippen molar-refractivity contribution < 1.29 is 9.53 Å². The first-order valence-corrected chi connectivity index (χ1v) is 10.0. The second-order valence-corrected chi connectivity index (χ2v) is 7.25. The maximum atomic E-state index is 12.3. The normalized spacial score (nSPS) is 16.3. The molecule has 1 N–H and O–H groups in total. The number of hydrogen-bond acceptors (Lipinski definition) is 4. The molecule has 0 radical (unpaired) electrons. The van der Waals surface area contributed by atoms with Crippen LogP contribution in [-0.4, -0.2) is 56.7 Å². The van der Waals surface area contributed by atoms with E-state index in [1.54, 1.807) is 7.11 Å². The first-order chi connectivity index (χ1) is 12.6. The van der Waals surface area contributed by atoms with Crippen molar-refractivity contribution in [3.63, 3.8) is 0 Å². The summed E-state index contributed by atoms with van der Waals surface area (Å²) in [5.74, 6) is 1.06. The molecular weight excluding hydrogens is 326 g/mol. The van der Waals surface area contributed by atoms with Gasteiger partial charge in [-0.25, -0.2) is 0 Å². The lowest BCUT2D eigenvalue weighted by Crippen LogP contribution is -2.50. The van der Waals surface area contributed by atoms with Gasteiger partial charge in [0.25, 0.3) is 0 Å². The number of anilines is 1. The Bertz CT molecular complexity index is 542. The number of nitrogens with one attached hydrogen (secondary N) is 1. The van der Waals surface area contributed by atoms with Gasteiger partial charge in [0.1, 0.15) is 5.75 Å². The van der Waals surface area contributed by atoms with Crippen molar-refractivity contribution in [3.8, 4) is 5.75 Å². The number of ether oxygens (including phenoxy) is 1. The van der Waals surface area contributed by atoms with Gasteiger partial charge in [0, 0.05) is 32.2 Å². The Kier molecular flexibility index (Phi) is 8.75. The van der Waals surface area contributed by atoms with Crippen molar-refractivity contribution in [3.05, 3.63) is 24.3 Å². The summed E-state index contributed by atoms with van der Waals surface area (Å²) in [7, 11) is 1.71. The lowest BCUT2D eigenvalue weighted by Gasteiger charge is -2.36. The molecule has 1 heterocycles. The highest BCUT2D eigenvalue weighted by molar-refractivity contribution is 5.78. The monoisotopic (exact) mass is 361 g/mol. The summed E-state index contributed by atoms with van der Waals surface area (Å²) in [5.41, 5.74) is 1.14. The van der Waals surface area contributed by atoms with Crippen LogP contribution in [0.4, 0.5) is 5.69 Å². The van der Waals surface area contributed by atoms with E-state index in [0.717, 1.165) is 44.0 Å². The van der Waals surface area contributed by atoms with Gasteiger partial charge < -0.3 is 15.0 Å². The maximum Gasteiger partial charge on any atom is 0.234 e. The lowest BCUT2D eigenvalue weighted by molar-refractivity contribution is -0.123. The molecule has 1 fully saturated rings. The predicted octanol–water partition coefficient (Wildman–Crippen LogP) is 3.29. The molecule has 1 aliphatic rings. The minimum atomic E-state index is 0.152. The molecule has 1 saturated heterocycles. The fraction of sp³-hybridized carbons (Fsp3) is 0.667. The highest BCUT2D eigenvalue weighted by atomic mass is 16.5. The second kappa shape index (κ2) is 11.1. The number of hydrogen-bond donors (Lipinski definition) is 1. The SMILES string of the molecule is CCCCCC[C@H](C)NC(=O)CN1CCN(c2ccccc2OC)CC1. The zero-order valence-electron chi connectivity index (χ0n) is 16.7. The Hall–Kier alpha value is -1.75. The zero-order chi connectivity index (χ0) is 18.8. The van der Waals surface area contributed by atoms with E-state index >= 15 is 0 Å². The largest absolute Gasteiger partial charge is 0.495 e. The van der Waals surface area contributed by atoms with Crippen LogP contribution in [0.25, 0.3) is 0 Å². The summed E-state index contributed by atoms with van der Waals surface area (Å²) < 4.78 is 5.46. The van der Waals surface area contributed by atoms with Gasteiger partial charge in [-0.3, -0.25) is 9.69 Å². The summed E-state index contributed by atoms with van der Waals surface area (Å²) in [4.78, 5) is 16.9. The third-order valence-corrected chi connectivity index (χ3v) is 5.06. The molecule has 0 aliphatic carbocycles. The predicted molar refractivity (Wildman–Crippen MR) is 108 cm³/mol. The molecular formula is C21H35N3O2. The number of piperazine rings is 1. The van der Waals surface area contributed by atoms with Gasteiger partial charge in [0.15, 0.2) is 0 Å². The van der Waals surface area contributed by atoms with Gasteiger partial charge in [0.05, 0.1) is 19.3 Å². The van der Waals surface area contributed by atoms with Crippen LogP contribution >= 0.6 is 0 Å². The number of para-hydroxylation sites is 2. The van der Waals surface area contributed by atoms with Crippen LogP contribution in [-0.2, 0) is 4.79 Å². The molecule has 5 heteroatoms. The molecule has 26 heavy (non-hydrogen) atoms. The van der Waals surface area contributed by atoms with Crippen molar-refractivity contribution in [2.24, 2.45) is 0 Å². The Labute approximate surface area is 158 Å². The van der Waals surface area contributed by atoms with E-state index in [0.29, 0.717) is 6.54 Å². The smallest absolute Gasteiger partial charge is 0.234 e. The molecule has 0 aromatic heterocycles. The van der Waals surface area contributed by atoms with Crippen molar-refractivity contribution in [1.29, 1.82) is 0 Å². The fourth-order valence-corrected chi connectivity index (χ4v) is 3.51. The number of benzene rings is 1. The number of nitrogens with zero attached hydrogens (tertiary/aromatic N) is 2. The van der Waals surface area contributed by atoms with Crippen molar-refractivity contribution in [2.75, 3.05) is 44.7 Å². The van der Waals surface area contributed by atoms with Gasteiger partial charge in [-0.05, 0) is 25.5 Å². The molecule has 2 rings (SSSR count). The second-order valence-electron chi connectivity index (χ2n) is 7.25. The third kappa shape index (κ3) is 6.52. The van der Waals surface area contributed by atoms with Gasteiger partial charge in [-0.2, -0.15) is 0 Å². The van der Waals surface area contributed by atoms with Gasteiger partial charge >= 0.3 is 0 Å². The summed E-state index contributed by atoms with van der Waals surface area (Å²) in [6.45, 7) is 8.47. The molecule has 0 unspecified atom stereocenters. The third-order valence-electron chi connectivity index (χ3n) is 5.06. The number of rotatable bonds is 10. The highest BCUT2D eigenvalue weighted by Gasteiger charge is 2.21. The van der Waals surface area contributed by atoms with Crippen molar-refractivity contribution in [1.82, 2.24) is 10.2 Å². The van der Waals surface area contributed by atoms with E-state index in [4.69, 9.17) is 4.74 Å². The van der Waals surface area contributed by atoms with Crippen LogP contribution in [0.5, 0.6) is 5.75 Å². The van der Waals surface area contributed by atoms with Gasteiger partial charge in [-0.1, -0.05) is 44.7 Å².